The average Bonchev–Trinajstić information content (AvgIpc) is 2.74. The molecule has 3 N–H and O–H groups in total. The molecule has 0 heterocycles. The number of carbonyl (C=O) groups excluding carboxylic acids is 1. The largest absolute Gasteiger partial charge is 0.507 e. The fraction of sp³-hybridized carbons (Fsp3) is 0.240. The number of benzene rings is 3. The number of amides is 1. The number of halogens is 1. The van der Waals surface area contributed by atoms with Gasteiger partial charge in [0.1, 0.15) is 5.75 Å². The second kappa shape index (κ2) is 11.4. The lowest BCUT2D eigenvalue weighted by atomic mass is 10.0. The highest BCUT2D eigenvalue weighted by Crippen LogP contribution is 2.16. The van der Waals surface area contributed by atoms with Crippen LogP contribution in [0.5, 0.6) is 5.75 Å². The molecule has 0 aliphatic rings. The monoisotopic (exact) mass is 422 g/mol. The summed E-state index contributed by atoms with van der Waals surface area (Å²) in [7, 11) is 0. The van der Waals surface area contributed by atoms with Crippen LogP contribution in [0, 0.1) is 0 Å². The molecule has 0 saturated carbocycles. The zero-order valence-corrected chi connectivity index (χ0v) is 17.6. The van der Waals surface area contributed by atoms with Gasteiger partial charge in [-0.2, -0.15) is 0 Å². The van der Waals surface area contributed by atoms with Crippen molar-refractivity contribution in [3.8, 4) is 5.75 Å². The maximum absolute atomic E-state index is 12.3. The molecule has 1 atom stereocenters. The number of para-hydroxylation sites is 1. The molecule has 30 heavy (non-hydrogen) atoms. The van der Waals surface area contributed by atoms with Crippen molar-refractivity contribution in [2.45, 2.75) is 25.3 Å². The quantitative estimate of drug-likeness (QED) is 0.447. The number of phenols is 1. The van der Waals surface area contributed by atoms with E-state index in [2.05, 4.69) is 28.8 Å². The van der Waals surface area contributed by atoms with E-state index in [4.69, 9.17) is 11.6 Å². The lowest BCUT2D eigenvalue weighted by Crippen LogP contribution is -2.37. The molecular formula is C25H27ClN2O2. The van der Waals surface area contributed by atoms with Gasteiger partial charge in [0.25, 0.3) is 5.91 Å². The molecule has 1 unspecified atom stereocenters. The number of hydrogen-bond acceptors (Lipinski definition) is 3. The zero-order chi connectivity index (χ0) is 21.2. The normalized spacial score (nSPS) is 11.8. The predicted octanol–water partition coefficient (Wildman–Crippen LogP) is 4.61. The van der Waals surface area contributed by atoms with Crippen molar-refractivity contribution in [1.82, 2.24) is 10.6 Å². The second-order valence-electron chi connectivity index (χ2n) is 7.28. The van der Waals surface area contributed by atoms with Crippen LogP contribution in [-0.4, -0.2) is 30.1 Å². The number of nitrogens with one attached hydrogen (secondary N) is 2. The lowest BCUT2D eigenvalue weighted by molar-refractivity contribution is 0.0949. The molecule has 0 aromatic heterocycles. The Morgan fingerprint density at radius 2 is 1.63 bits per heavy atom. The van der Waals surface area contributed by atoms with Gasteiger partial charge in [-0.3, -0.25) is 4.79 Å². The molecule has 3 aromatic rings. The van der Waals surface area contributed by atoms with Crippen molar-refractivity contribution in [1.29, 1.82) is 0 Å². The predicted molar refractivity (Wildman–Crippen MR) is 122 cm³/mol. The van der Waals surface area contributed by atoms with Crippen LogP contribution in [0.4, 0.5) is 0 Å². The van der Waals surface area contributed by atoms with E-state index in [0.29, 0.717) is 12.1 Å². The number of carbonyl (C=O) groups is 1. The number of rotatable bonds is 10. The molecule has 0 bridgehead atoms. The SMILES string of the molecule is O=C(NCCC(Cc1cccc(Cl)c1)NCCc1ccccc1)c1ccccc1O. The average molecular weight is 423 g/mol. The van der Waals surface area contributed by atoms with Crippen molar-refractivity contribution < 1.29 is 9.90 Å². The zero-order valence-electron chi connectivity index (χ0n) is 16.9. The van der Waals surface area contributed by atoms with Crippen molar-refractivity contribution in [2.75, 3.05) is 13.1 Å². The van der Waals surface area contributed by atoms with Crippen molar-refractivity contribution in [2.24, 2.45) is 0 Å². The smallest absolute Gasteiger partial charge is 0.255 e. The Labute approximate surface area is 182 Å². The fourth-order valence-electron chi connectivity index (χ4n) is 3.41. The summed E-state index contributed by atoms with van der Waals surface area (Å²) in [6.45, 7) is 1.36. The molecule has 0 saturated heterocycles. The van der Waals surface area contributed by atoms with E-state index in [0.717, 1.165) is 36.4 Å². The summed E-state index contributed by atoms with van der Waals surface area (Å²) in [6, 6.07) is 25.0. The molecule has 0 aliphatic carbocycles. The van der Waals surface area contributed by atoms with Crippen LogP contribution < -0.4 is 10.6 Å². The van der Waals surface area contributed by atoms with Gasteiger partial charge in [-0.25, -0.2) is 0 Å². The lowest BCUT2D eigenvalue weighted by Gasteiger charge is -2.20. The maximum atomic E-state index is 12.3. The highest BCUT2D eigenvalue weighted by atomic mass is 35.5. The van der Waals surface area contributed by atoms with Gasteiger partial charge in [0.15, 0.2) is 0 Å². The molecule has 0 fully saturated rings. The van der Waals surface area contributed by atoms with Gasteiger partial charge in [-0.15, -0.1) is 0 Å². The third kappa shape index (κ3) is 6.90. The topological polar surface area (TPSA) is 61.4 Å². The Hall–Kier alpha value is -2.82. The van der Waals surface area contributed by atoms with E-state index in [-0.39, 0.29) is 17.7 Å². The van der Waals surface area contributed by atoms with Gasteiger partial charge in [0, 0.05) is 17.6 Å². The van der Waals surface area contributed by atoms with E-state index >= 15 is 0 Å². The van der Waals surface area contributed by atoms with Crippen LogP contribution in [0.2, 0.25) is 5.02 Å². The molecule has 156 valence electrons. The van der Waals surface area contributed by atoms with Crippen molar-refractivity contribution in [3.05, 3.63) is 101 Å². The third-order valence-corrected chi connectivity index (χ3v) is 5.22. The maximum Gasteiger partial charge on any atom is 0.255 e. The van der Waals surface area contributed by atoms with Gasteiger partial charge in [0.2, 0.25) is 0 Å². The molecule has 3 rings (SSSR count). The molecule has 0 aliphatic heterocycles. The number of phenolic OH excluding ortho intramolecular Hbond substituents is 1. The van der Waals surface area contributed by atoms with E-state index < -0.39 is 0 Å². The molecule has 3 aromatic carbocycles. The van der Waals surface area contributed by atoms with E-state index in [1.54, 1.807) is 18.2 Å². The van der Waals surface area contributed by atoms with Gasteiger partial charge in [-0.1, -0.05) is 66.2 Å². The summed E-state index contributed by atoms with van der Waals surface area (Å²) in [4.78, 5) is 12.3. The first-order valence-corrected chi connectivity index (χ1v) is 10.6. The molecule has 0 spiro atoms. The molecule has 4 nitrogen and oxygen atoms in total. The Morgan fingerprint density at radius 1 is 0.900 bits per heavy atom. The van der Waals surface area contributed by atoms with Gasteiger partial charge < -0.3 is 15.7 Å². The van der Waals surface area contributed by atoms with Crippen LogP contribution >= 0.6 is 11.6 Å². The highest BCUT2D eigenvalue weighted by Gasteiger charge is 2.13. The van der Waals surface area contributed by atoms with Crippen molar-refractivity contribution in [3.63, 3.8) is 0 Å². The summed E-state index contributed by atoms with van der Waals surface area (Å²) < 4.78 is 0. The molecule has 5 heteroatoms. The van der Waals surface area contributed by atoms with Gasteiger partial charge in [0.05, 0.1) is 5.56 Å². The summed E-state index contributed by atoms with van der Waals surface area (Å²) in [6.07, 6.45) is 2.53. The van der Waals surface area contributed by atoms with Gasteiger partial charge >= 0.3 is 0 Å². The van der Waals surface area contributed by atoms with Crippen LogP contribution in [-0.2, 0) is 12.8 Å². The Bertz CT molecular complexity index is 947. The highest BCUT2D eigenvalue weighted by molar-refractivity contribution is 6.30. The van der Waals surface area contributed by atoms with E-state index in [1.807, 2.05) is 36.4 Å². The van der Waals surface area contributed by atoms with Crippen LogP contribution in [0.15, 0.2) is 78.9 Å². The summed E-state index contributed by atoms with van der Waals surface area (Å²) in [5, 5.41) is 17.1. The minimum Gasteiger partial charge on any atom is -0.507 e. The third-order valence-electron chi connectivity index (χ3n) is 4.99. The molecule has 1 amide bonds. The Kier molecular flexibility index (Phi) is 8.30. The van der Waals surface area contributed by atoms with Gasteiger partial charge in [-0.05, 0) is 61.2 Å². The number of aromatic hydroxyl groups is 1. The first-order chi connectivity index (χ1) is 14.6. The second-order valence-corrected chi connectivity index (χ2v) is 7.72. The Balaban J connectivity index is 1.55. The summed E-state index contributed by atoms with van der Waals surface area (Å²) in [5.41, 5.74) is 2.74. The van der Waals surface area contributed by atoms with E-state index in [9.17, 15) is 9.90 Å². The minimum absolute atomic E-state index is 0.00790. The van der Waals surface area contributed by atoms with Crippen LogP contribution in [0.1, 0.15) is 27.9 Å². The van der Waals surface area contributed by atoms with Crippen LogP contribution in [0.3, 0.4) is 0 Å². The standard InChI is InChI=1S/C25H27ClN2O2/c26-21-10-6-9-20(17-21)18-22(27-15-13-19-7-2-1-3-8-19)14-16-28-25(30)23-11-4-5-12-24(23)29/h1-12,17,22,27,29H,13-16,18H2,(H,28,30). The van der Waals surface area contributed by atoms with Crippen molar-refractivity contribution >= 4 is 17.5 Å². The molecular weight excluding hydrogens is 396 g/mol. The van der Waals surface area contributed by atoms with E-state index in [1.165, 1.54) is 11.6 Å². The first-order valence-electron chi connectivity index (χ1n) is 10.2. The van der Waals surface area contributed by atoms with Crippen LogP contribution in [0.25, 0.3) is 0 Å². The first kappa shape index (κ1) is 21.9. The fourth-order valence-corrected chi connectivity index (χ4v) is 3.62. The summed E-state index contributed by atoms with van der Waals surface area (Å²) >= 11 is 6.14. The Morgan fingerprint density at radius 3 is 2.40 bits per heavy atom. The minimum atomic E-state index is -0.265. The molecule has 0 radical (unpaired) electrons. The number of hydrogen-bond donors (Lipinski definition) is 3. The summed E-state index contributed by atoms with van der Waals surface area (Å²) in [5.74, 6) is -0.273.